The number of nitrogens with zero attached hydrogens (tertiary/aromatic N) is 1. The predicted octanol–water partition coefficient (Wildman–Crippen LogP) is 3.78. The van der Waals surface area contributed by atoms with Crippen molar-refractivity contribution in [1.29, 1.82) is 0 Å². The molecule has 2 rings (SSSR count). The van der Waals surface area contributed by atoms with Crippen molar-refractivity contribution in [2.45, 2.75) is 13.1 Å². The number of rotatable bonds is 2. The van der Waals surface area contributed by atoms with Gasteiger partial charge in [-0.1, -0.05) is 0 Å². The number of hydrogen-bond donors (Lipinski definition) is 0. The third-order valence-electron chi connectivity index (χ3n) is 2.71. The van der Waals surface area contributed by atoms with E-state index in [1.165, 1.54) is 12.3 Å². The summed E-state index contributed by atoms with van der Waals surface area (Å²) in [6, 6.07) is 5.20. The molecule has 1 aromatic heterocycles. The molecule has 0 fully saturated rings. The third-order valence-corrected chi connectivity index (χ3v) is 2.71. The summed E-state index contributed by atoms with van der Waals surface area (Å²) in [4.78, 5) is 15.9. The summed E-state index contributed by atoms with van der Waals surface area (Å²) in [5.41, 5.74) is -0.861. The molecule has 0 aliphatic carbocycles. The van der Waals surface area contributed by atoms with E-state index in [1.807, 2.05) is 0 Å². The topological polar surface area (TPSA) is 30.0 Å². The first-order chi connectivity index (χ1) is 9.29. The minimum atomic E-state index is -4.84. The van der Waals surface area contributed by atoms with E-state index < -0.39 is 23.3 Å². The molecule has 0 bridgehead atoms. The Balaban J connectivity index is 2.43. The molecule has 104 valence electrons. The quantitative estimate of drug-likeness (QED) is 0.620. The Bertz CT molecular complexity index is 647. The van der Waals surface area contributed by atoms with Crippen molar-refractivity contribution in [2.75, 3.05) is 0 Å². The average Bonchev–Trinajstić information content (AvgIpc) is 2.38. The summed E-state index contributed by atoms with van der Waals surface area (Å²) >= 11 is 0. The Morgan fingerprint density at radius 3 is 2.30 bits per heavy atom. The largest absolute Gasteiger partial charge is 0.419 e. The number of benzene rings is 1. The molecule has 1 heterocycles. The molecule has 0 saturated heterocycles. The van der Waals surface area contributed by atoms with Gasteiger partial charge in [-0.2, -0.15) is 13.2 Å². The van der Waals surface area contributed by atoms with Crippen LogP contribution in [-0.2, 0) is 6.18 Å². The number of aryl methyl sites for hydroxylation is 1. The van der Waals surface area contributed by atoms with Crippen LogP contribution in [0.4, 0.5) is 17.6 Å². The molecule has 20 heavy (non-hydrogen) atoms. The number of carbonyl (C=O) groups is 1. The SMILES string of the molecule is Cc1ccc(C(=O)c2ccc(F)c(C(F)(F)F)c2)cn1. The standard InChI is InChI=1S/C14H9F4NO/c1-8-2-3-10(7-19-8)13(20)9-4-5-12(15)11(6-9)14(16,17)18/h2-7H,1H3. The molecule has 0 radical (unpaired) electrons. The van der Waals surface area contributed by atoms with Gasteiger partial charge in [0.25, 0.3) is 0 Å². The van der Waals surface area contributed by atoms with Crippen molar-refractivity contribution >= 4 is 5.78 Å². The number of carbonyl (C=O) groups excluding carboxylic acids is 1. The second-order valence-electron chi connectivity index (χ2n) is 4.21. The van der Waals surface area contributed by atoms with Crippen molar-refractivity contribution in [2.24, 2.45) is 0 Å². The van der Waals surface area contributed by atoms with Gasteiger partial charge in [-0.05, 0) is 37.3 Å². The smallest absolute Gasteiger partial charge is 0.289 e. The average molecular weight is 283 g/mol. The second kappa shape index (κ2) is 5.03. The van der Waals surface area contributed by atoms with Gasteiger partial charge in [-0.25, -0.2) is 4.39 Å². The molecule has 0 saturated carbocycles. The number of halogens is 4. The molecule has 0 atom stereocenters. The van der Waals surface area contributed by atoms with Gasteiger partial charge < -0.3 is 0 Å². The van der Waals surface area contributed by atoms with Crippen LogP contribution >= 0.6 is 0 Å². The van der Waals surface area contributed by atoms with Gasteiger partial charge in [-0.3, -0.25) is 9.78 Å². The summed E-state index contributed by atoms with van der Waals surface area (Å²) < 4.78 is 50.9. The highest BCUT2D eigenvalue weighted by molar-refractivity contribution is 6.08. The van der Waals surface area contributed by atoms with E-state index in [4.69, 9.17) is 0 Å². The molecule has 0 spiro atoms. The van der Waals surface area contributed by atoms with Crippen LogP contribution in [0.5, 0.6) is 0 Å². The van der Waals surface area contributed by atoms with E-state index in [0.717, 1.165) is 6.07 Å². The first-order valence-electron chi connectivity index (χ1n) is 5.63. The Hall–Kier alpha value is -2.24. The van der Waals surface area contributed by atoms with Gasteiger partial charge in [0.2, 0.25) is 0 Å². The van der Waals surface area contributed by atoms with Crippen LogP contribution in [0.25, 0.3) is 0 Å². The normalized spacial score (nSPS) is 11.4. The summed E-state index contributed by atoms with van der Waals surface area (Å²) in [6.07, 6.45) is -3.57. The molecule has 0 N–H and O–H groups in total. The predicted molar refractivity (Wildman–Crippen MR) is 63.8 cm³/mol. The zero-order valence-corrected chi connectivity index (χ0v) is 10.3. The maximum absolute atomic E-state index is 13.1. The fourth-order valence-electron chi connectivity index (χ4n) is 1.65. The number of alkyl halides is 3. The molecular weight excluding hydrogens is 274 g/mol. The lowest BCUT2D eigenvalue weighted by atomic mass is 10.0. The molecule has 0 amide bonds. The van der Waals surface area contributed by atoms with E-state index >= 15 is 0 Å². The fourth-order valence-corrected chi connectivity index (χ4v) is 1.65. The van der Waals surface area contributed by atoms with Crippen LogP contribution in [0.15, 0.2) is 36.5 Å². The first kappa shape index (κ1) is 14.2. The third kappa shape index (κ3) is 2.84. The highest BCUT2D eigenvalue weighted by atomic mass is 19.4. The summed E-state index contributed by atoms with van der Waals surface area (Å²) in [5, 5.41) is 0. The van der Waals surface area contributed by atoms with Crippen LogP contribution in [0.1, 0.15) is 27.2 Å². The van der Waals surface area contributed by atoms with E-state index in [1.54, 1.807) is 13.0 Å². The van der Waals surface area contributed by atoms with E-state index in [0.29, 0.717) is 17.8 Å². The molecule has 2 aromatic rings. The van der Waals surface area contributed by atoms with Crippen LogP contribution in [-0.4, -0.2) is 10.8 Å². The van der Waals surface area contributed by atoms with Gasteiger partial charge in [0.05, 0.1) is 5.56 Å². The molecule has 0 unspecified atom stereocenters. The minimum absolute atomic E-state index is 0.148. The van der Waals surface area contributed by atoms with Crippen molar-refractivity contribution < 1.29 is 22.4 Å². The number of ketones is 1. The van der Waals surface area contributed by atoms with Gasteiger partial charge >= 0.3 is 6.18 Å². The zero-order chi connectivity index (χ0) is 14.9. The van der Waals surface area contributed by atoms with E-state index in [-0.39, 0.29) is 11.1 Å². The van der Waals surface area contributed by atoms with E-state index in [2.05, 4.69) is 4.98 Å². The van der Waals surface area contributed by atoms with Crippen LogP contribution < -0.4 is 0 Å². The molecule has 0 aliphatic rings. The van der Waals surface area contributed by atoms with E-state index in [9.17, 15) is 22.4 Å². The fraction of sp³-hybridized carbons (Fsp3) is 0.143. The van der Waals surface area contributed by atoms with Gasteiger partial charge in [0.1, 0.15) is 5.82 Å². The lowest BCUT2D eigenvalue weighted by Crippen LogP contribution is -2.11. The van der Waals surface area contributed by atoms with Crippen LogP contribution in [0.3, 0.4) is 0 Å². The van der Waals surface area contributed by atoms with Crippen molar-refractivity contribution in [3.8, 4) is 0 Å². The summed E-state index contributed by atoms with van der Waals surface area (Å²) in [7, 11) is 0. The Morgan fingerprint density at radius 2 is 1.75 bits per heavy atom. The van der Waals surface area contributed by atoms with Crippen molar-refractivity contribution in [1.82, 2.24) is 4.98 Å². The lowest BCUT2D eigenvalue weighted by molar-refractivity contribution is -0.140. The van der Waals surface area contributed by atoms with Gasteiger partial charge in [-0.15, -0.1) is 0 Å². The van der Waals surface area contributed by atoms with Gasteiger partial charge in [0.15, 0.2) is 5.78 Å². The zero-order valence-electron chi connectivity index (χ0n) is 10.3. The minimum Gasteiger partial charge on any atom is -0.289 e. The number of hydrogen-bond acceptors (Lipinski definition) is 2. The van der Waals surface area contributed by atoms with Crippen LogP contribution in [0.2, 0.25) is 0 Å². The summed E-state index contributed by atoms with van der Waals surface area (Å²) in [5.74, 6) is -2.04. The number of aromatic nitrogens is 1. The molecule has 0 aliphatic heterocycles. The first-order valence-corrected chi connectivity index (χ1v) is 5.63. The molecule has 6 heteroatoms. The molecule has 1 aromatic carbocycles. The molecule has 2 nitrogen and oxygen atoms in total. The monoisotopic (exact) mass is 283 g/mol. The number of pyridine rings is 1. The Kier molecular flexibility index (Phi) is 3.57. The Labute approximate surface area is 112 Å². The maximum Gasteiger partial charge on any atom is 0.419 e. The highest BCUT2D eigenvalue weighted by Crippen LogP contribution is 2.32. The Morgan fingerprint density at radius 1 is 1.10 bits per heavy atom. The maximum atomic E-state index is 13.1. The van der Waals surface area contributed by atoms with Crippen molar-refractivity contribution in [3.63, 3.8) is 0 Å². The molecular formula is C14H9F4NO. The second-order valence-corrected chi connectivity index (χ2v) is 4.21. The van der Waals surface area contributed by atoms with Gasteiger partial charge in [0, 0.05) is 23.0 Å². The lowest BCUT2D eigenvalue weighted by Gasteiger charge is -2.09. The summed E-state index contributed by atoms with van der Waals surface area (Å²) in [6.45, 7) is 1.72. The van der Waals surface area contributed by atoms with Crippen molar-refractivity contribution in [3.05, 3.63) is 64.7 Å². The highest BCUT2D eigenvalue weighted by Gasteiger charge is 2.34. The van der Waals surface area contributed by atoms with Crippen LogP contribution in [0, 0.1) is 12.7 Å².